The van der Waals surface area contributed by atoms with E-state index in [1.807, 2.05) is 12.1 Å². The summed E-state index contributed by atoms with van der Waals surface area (Å²) in [5.41, 5.74) is 1.66. The Labute approximate surface area is 132 Å². The fourth-order valence-electron chi connectivity index (χ4n) is 2.47. The molecule has 118 valence electrons. The van der Waals surface area contributed by atoms with Crippen molar-refractivity contribution in [2.75, 3.05) is 26.8 Å². The smallest absolute Gasteiger partial charge is 0.337 e. The predicted molar refractivity (Wildman–Crippen MR) is 84.9 cm³/mol. The van der Waals surface area contributed by atoms with Gasteiger partial charge in [0, 0.05) is 6.61 Å². The molecule has 1 N–H and O–H groups in total. The van der Waals surface area contributed by atoms with Crippen molar-refractivity contribution < 1.29 is 14.3 Å². The van der Waals surface area contributed by atoms with Gasteiger partial charge in [-0.2, -0.15) is 0 Å². The SMILES string of the molecule is COC(=O)c1ccc(COCCC2CCNCC2)cc1.Cl. The van der Waals surface area contributed by atoms with Gasteiger partial charge < -0.3 is 14.8 Å². The van der Waals surface area contributed by atoms with E-state index in [1.165, 1.54) is 20.0 Å². The van der Waals surface area contributed by atoms with Crippen molar-refractivity contribution in [2.24, 2.45) is 5.92 Å². The van der Waals surface area contributed by atoms with E-state index < -0.39 is 0 Å². The van der Waals surface area contributed by atoms with E-state index in [0.29, 0.717) is 12.2 Å². The van der Waals surface area contributed by atoms with E-state index in [0.717, 1.165) is 37.6 Å². The lowest BCUT2D eigenvalue weighted by molar-refractivity contribution is 0.0600. The normalized spacial score (nSPS) is 15.3. The highest BCUT2D eigenvalue weighted by Gasteiger charge is 2.12. The van der Waals surface area contributed by atoms with Gasteiger partial charge in [-0.25, -0.2) is 4.79 Å². The Kier molecular flexibility index (Phi) is 8.35. The molecular formula is C16H24ClNO3. The summed E-state index contributed by atoms with van der Waals surface area (Å²) < 4.78 is 10.4. The third-order valence-electron chi connectivity index (χ3n) is 3.77. The van der Waals surface area contributed by atoms with Crippen LogP contribution in [0.25, 0.3) is 0 Å². The molecule has 0 amide bonds. The molecule has 1 aliphatic heterocycles. The average Bonchev–Trinajstić information content (AvgIpc) is 2.52. The highest BCUT2D eigenvalue weighted by Crippen LogP contribution is 2.16. The molecule has 1 saturated heterocycles. The zero-order valence-electron chi connectivity index (χ0n) is 12.5. The minimum Gasteiger partial charge on any atom is -0.465 e. The Morgan fingerprint density at radius 2 is 1.90 bits per heavy atom. The number of hydrogen-bond acceptors (Lipinski definition) is 4. The molecule has 2 rings (SSSR count). The molecule has 0 radical (unpaired) electrons. The number of methoxy groups -OCH3 is 1. The van der Waals surface area contributed by atoms with Gasteiger partial charge in [0.25, 0.3) is 0 Å². The van der Waals surface area contributed by atoms with Crippen molar-refractivity contribution in [2.45, 2.75) is 25.9 Å². The predicted octanol–water partition coefficient (Wildman–Crippen LogP) is 2.80. The Morgan fingerprint density at radius 3 is 2.52 bits per heavy atom. The zero-order chi connectivity index (χ0) is 14.2. The van der Waals surface area contributed by atoms with Gasteiger partial charge in [-0.1, -0.05) is 12.1 Å². The van der Waals surface area contributed by atoms with Gasteiger partial charge in [0.15, 0.2) is 0 Å². The average molecular weight is 314 g/mol. The number of ether oxygens (including phenoxy) is 2. The number of carbonyl (C=O) groups excluding carboxylic acids is 1. The summed E-state index contributed by atoms with van der Waals surface area (Å²) in [5, 5.41) is 3.37. The maximum absolute atomic E-state index is 11.3. The first-order valence-electron chi connectivity index (χ1n) is 7.25. The lowest BCUT2D eigenvalue weighted by Crippen LogP contribution is -2.28. The van der Waals surface area contributed by atoms with Crippen LogP contribution in [-0.4, -0.2) is 32.8 Å². The second-order valence-electron chi connectivity index (χ2n) is 5.22. The molecule has 0 saturated carbocycles. The molecule has 0 spiro atoms. The Hall–Kier alpha value is -1.10. The third kappa shape index (κ3) is 6.04. The minimum absolute atomic E-state index is 0. The van der Waals surface area contributed by atoms with Crippen molar-refractivity contribution in [1.82, 2.24) is 5.32 Å². The summed E-state index contributed by atoms with van der Waals surface area (Å²) in [4.78, 5) is 11.3. The van der Waals surface area contributed by atoms with Gasteiger partial charge in [0.05, 0.1) is 19.3 Å². The molecule has 4 nitrogen and oxygen atoms in total. The summed E-state index contributed by atoms with van der Waals surface area (Å²) in [6.07, 6.45) is 3.66. The molecule has 21 heavy (non-hydrogen) atoms. The third-order valence-corrected chi connectivity index (χ3v) is 3.77. The lowest BCUT2D eigenvalue weighted by Gasteiger charge is -2.22. The van der Waals surface area contributed by atoms with E-state index in [4.69, 9.17) is 4.74 Å². The molecule has 1 aromatic rings. The van der Waals surface area contributed by atoms with Crippen LogP contribution in [0.15, 0.2) is 24.3 Å². The molecular weight excluding hydrogens is 290 g/mol. The zero-order valence-corrected chi connectivity index (χ0v) is 13.3. The second-order valence-corrected chi connectivity index (χ2v) is 5.22. The molecule has 1 fully saturated rings. The Balaban J connectivity index is 0.00000220. The van der Waals surface area contributed by atoms with Crippen LogP contribution in [0, 0.1) is 5.92 Å². The van der Waals surface area contributed by atoms with Crippen LogP contribution in [0.1, 0.15) is 35.2 Å². The Bertz CT molecular complexity index is 416. The maximum atomic E-state index is 11.3. The summed E-state index contributed by atoms with van der Waals surface area (Å²) in [7, 11) is 1.39. The van der Waals surface area contributed by atoms with Crippen molar-refractivity contribution in [3.63, 3.8) is 0 Å². The molecule has 1 aliphatic rings. The summed E-state index contributed by atoms with van der Waals surface area (Å²) in [6.45, 7) is 3.69. The van der Waals surface area contributed by atoms with Crippen LogP contribution in [0.5, 0.6) is 0 Å². The molecule has 0 aliphatic carbocycles. The van der Waals surface area contributed by atoms with Gasteiger partial charge in [0.2, 0.25) is 0 Å². The first-order chi connectivity index (χ1) is 9.79. The first-order valence-corrected chi connectivity index (χ1v) is 7.25. The molecule has 0 aromatic heterocycles. The van der Waals surface area contributed by atoms with E-state index in [2.05, 4.69) is 10.1 Å². The van der Waals surface area contributed by atoms with Crippen LogP contribution in [0.4, 0.5) is 0 Å². The number of nitrogens with one attached hydrogen (secondary N) is 1. The summed E-state index contributed by atoms with van der Waals surface area (Å²) in [6, 6.07) is 7.38. The highest BCUT2D eigenvalue weighted by molar-refractivity contribution is 5.89. The van der Waals surface area contributed by atoms with Crippen molar-refractivity contribution >= 4 is 18.4 Å². The largest absolute Gasteiger partial charge is 0.465 e. The molecule has 0 atom stereocenters. The summed E-state index contributed by atoms with van der Waals surface area (Å²) in [5.74, 6) is 0.501. The van der Waals surface area contributed by atoms with E-state index in [1.54, 1.807) is 12.1 Å². The number of benzene rings is 1. The summed E-state index contributed by atoms with van der Waals surface area (Å²) >= 11 is 0. The number of halogens is 1. The van der Waals surface area contributed by atoms with Gasteiger partial charge in [-0.3, -0.25) is 0 Å². The van der Waals surface area contributed by atoms with Crippen molar-refractivity contribution in [3.05, 3.63) is 35.4 Å². The number of piperidine rings is 1. The van der Waals surface area contributed by atoms with Gasteiger partial charge in [0.1, 0.15) is 0 Å². The lowest BCUT2D eigenvalue weighted by atomic mass is 9.95. The van der Waals surface area contributed by atoms with Crippen molar-refractivity contribution in [3.8, 4) is 0 Å². The minimum atomic E-state index is -0.302. The molecule has 1 aromatic carbocycles. The molecule has 0 bridgehead atoms. The van der Waals surface area contributed by atoms with Gasteiger partial charge in [-0.05, 0) is 56.0 Å². The van der Waals surface area contributed by atoms with Crippen LogP contribution in [-0.2, 0) is 16.1 Å². The van der Waals surface area contributed by atoms with Crippen LogP contribution in [0.2, 0.25) is 0 Å². The number of rotatable bonds is 6. The van der Waals surface area contributed by atoms with Gasteiger partial charge in [-0.15, -0.1) is 12.4 Å². The fraction of sp³-hybridized carbons (Fsp3) is 0.562. The first kappa shape index (κ1) is 18.0. The van der Waals surface area contributed by atoms with E-state index >= 15 is 0 Å². The Morgan fingerprint density at radius 1 is 1.24 bits per heavy atom. The monoisotopic (exact) mass is 313 g/mol. The van der Waals surface area contributed by atoms with E-state index in [9.17, 15) is 4.79 Å². The van der Waals surface area contributed by atoms with Crippen LogP contribution >= 0.6 is 12.4 Å². The number of esters is 1. The van der Waals surface area contributed by atoms with Crippen LogP contribution in [0.3, 0.4) is 0 Å². The standard InChI is InChI=1S/C16H23NO3.ClH/c1-19-16(18)15-4-2-14(3-5-15)12-20-11-8-13-6-9-17-10-7-13;/h2-5,13,17H,6-12H2,1H3;1H. The van der Waals surface area contributed by atoms with Crippen LogP contribution < -0.4 is 5.32 Å². The number of hydrogen-bond donors (Lipinski definition) is 1. The highest BCUT2D eigenvalue weighted by atomic mass is 35.5. The van der Waals surface area contributed by atoms with Gasteiger partial charge >= 0.3 is 5.97 Å². The molecule has 1 heterocycles. The topological polar surface area (TPSA) is 47.6 Å². The number of carbonyl (C=O) groups is 1. The molecule has 5 heteroatoms. The quantitative estimate of drug-likeness (QED) is 0.648. The second kappa shape index (κ2) is 9.77. The maximum Gasteiger partial charge on any atom is 0.337 e. The van der Waals surface area contributed by atoms with E-state index in [-0.39, 0.29) is 18.4 Å². The fourth-order valence-corrected chi connectivity index (χ4v) is 2.47. The molecule has 0 unspecified atom stereocenters. The van der Waals surface area contributed by atoms with Crippen molar-refractivity contribution in [1.29, 1.82) is 0 Å².